The Kier molecular flexibility index (Phi) is 5.76. The smallest absolute Gasteiger partial charge is 0.337 e. The number of amides is 2. The topological polar surface area (TPSA) is 95.9 Å². The van der Waals surface area contributed by atoms with Gasteiger partial charge >= 0.3 is 5.97 Å². The molecule has 0 unspecified atom stereocenters. The molecule has 28 heavy (non-hydrogen) atoms. The number of esters is 1. The van der Waals surface area contributed by atoms with E-state index in [1.54, 1.807) is 42.5 Å². The maximum atomic E-state index is 12.6. The van der Waals surface area contributed by atoms with Gasteiger partial charge < -0.3 is 9.84 Å². The van der Waals surface area contributed by atoms with E-state index in [0.717, 1.165) is 16.8 Å². The molecule has 142 valence electrons. The van der Waals surface area contributed by atoms with E-state index < -0.39 is 17.8 Å². The Morgan fingerprint density at radius 1 is 1.18 bits per heavy atom. The number of para-hydroxylation sites is 1. The number of aromatic hydroxyl groups is 1. The summed E-state index contributed by atoms with van der Waals surface area (Å²) in [6, 6.07) is 12.5. The molecule has 7 nitrogen and oxygen atoms in total. The average Bonchev–Trinajstić information content (AvgIpc) is 2.95. The molecule has 2 aromatic rings. The maximum Gasteiger partial charge on any atom is 0.337 e. The van der Waals surface area contributed by atoms with Crippen LogP contribution >= 0.6 is 24.0 Å². The number of thiocarbonyl (C=S) groups is 1. The van der Waals surface area contributed by atoms with E-state index in [2.05, 4.69) is 10.2 Å². The van der Waals surface area contributed by atoms with E-state index in [-0.39, 0.29) is 15.6 Å². The van der Waals surface area contributed by atoms with Gasteiger partial charge in [0.15, 0.2) is 4.32 Å². The molecule has 0 saturated carbocycles. The van der Waals surface area contributed by atoms with Crippen molar-refractivity contribution in [2.24, 2.45) is 0 Å². The third-order valence-electron chi connectivity index (χ3n) is 3.79. The minimum atomic E-state index is -0.655. The number of ether oxygens (including phenoxy) is 1. The van der Waals surface area contributed by atoms with Gasteiger partial charge in [0, 0.05) is 0 Å². The highest BCUT2D eigenvalue weighted by atomic mass is 32.2. The minimum Gasteiger partial charge on any atom is -0.507 e. The largest absolute Gasteiger partial charge is 0.507 e. The van der Waals surface area contributed by atoms with Crippen molar-refractivity contribution in [1.29, 1.82) is 0 Å². The lowest BCUT2D eigenvalue weighted by molar-refractivity contribution is -0.123. The Morgan fingerprint density at radius 2 is 1.86 bits per heavy atom. The van der Waals surface area contributed by atoms with Gasteiger partial charge in [-0.05, 0) is 48.1 Å². The zero-order valence-corrected chi connectivity index (χ0v) is 16.2. The maximum absolute atomic E-state index is 12.6. The number of hydrogen-bond donors (Lipinski definition) is 2. The number of hydrogen-bond acceptors (Lipinski definition) is 7. The lowest BCUT2D eigenvalue weighted by Crippen LogP contribution is -2.44. The molecule has 0 radical (unpaired) electrons. The zero-order valence-electron chi connectivity index (χ0n) is 14.5. The third kappa shape index (κ3) is 4.05. The van der Waals surface area contributed by atoms with Gasteiger partial charge in [-0.2, -0.15) is 5.01 Å². The van der Waals surface area contributed by atoms with Crippen LogP contribution in [0.15, 0.2) is 53.4 Å². The number of hydrazine groups is 1. The van der Waals surface area contributed by atoms with Crippen LogP contribution in [-0.4, -0.2) is 39.3 Å². The van der Waals surface area contributed by atoms with Gasteiger partial charge in [-0.1, -0.05) is 36.0 Å². The summed E-state index contributed by atoms with van der Waals surface area (Å²) >= 11 is 6.20. The molecule has 2 N–H and O–H groups in total. The second-order valence-electron chi connectivity index (χ2n) is 5.59. The summed E-state index contributed by atoms with van der Waals surface area (Å²) in [6.45, 7) is 0. The van der Waals surface area contributed by atoms with E-state index >= 15 is 0 Å². The Labute approximate surface area is 170 Å². The summed E-state index contributed by atoms with van der Waals surface area (Å²) in [7, 11) is 1.30. The van der Waals surface area contributed by atoms with Gasteiger partial charge in [0.1, 0.15) is 5.75 Å². The molecule has 0 atom stereocenters. The fourth-order valence-electron chi connectivity index (χ4n) is 2.38. The van der Waals surface area contributed by atoms with Gasteiger partial charge in [0.2, 0.25) is 0 Å². The second-order valence-corrected chi connectivity index (χ2v) is 7.26. The monoisotopic (exact) mass is 414 g/mol. The zero-order chi connectivity index (χ0) is 20.3. The van der Waals surface area contributed by atoms with Crippen molar-refractivity contribution >= 4 is 52.2 Å². The highest BCUT2D eigenvalue weighted by Gasteiger charge is 2.34. The summed E-state index contributed by atoms with van der Waals surface area (Å²) in [5.41, 5.74) is 3.50. The van der Waals surface area contributed by atoms with Crippen LogP contribution < -0.4 is 5.43 Å². The standard InChI is InChI=1S/C19H14N2O5S2/c1-26-18(25)12-8-6-11(7-9-12)10-15-17(24)21(19(27)28-15)20-16(23)13-4-2-3-5-14(13)22/h2-10,22H,1H3,(H,20,23)/b15-10-. The van der Waals surface area contributed by atoms with Crippen LogP contribution in [0.25, 0.3) is 6.08 Å². The second kappa shape index (κ2) is 8.24. The number of nitrogens with zero attached hydrogens (tertiary/aromatic N) is 1. The number of phenolic OH excluding ortho intramolecular Hbond substituents is 1. The number of thioether (sulfide) groups is 1. The first-order valence-electron chi connectivity index (χ1n) is 7.96. The quantitative estimate of drug-likeness (QED) is 0.451. The van der Waals surface area contributed by atoms with Crippen molar-refractivity contribution in [1.82, 2.24) is 10.4 Å². The number of rotatable bonds is 4. The van der Waals surface area contributed by atoms with Gasteiger partial charge in [-0.3, -0.25) is 15.0 Å². The number of phenols is 1. The van der Waals surface area contributed by atoms with Crippen LogP contribution in [0.1, 0.15) is 26.3 Å². The lowest BCUT2D eigenvalue weighted by Gasteiger charge is -2.16. The van der Waals surface area contributed by atoms with E-state index in [9.17, 15) is 19.5 Å². The highest BCUT2D eigenvalue weighted by molar-refractivity contribution is 8.26. The van der Waals surface area contributed by atoms with Crippen molar-refractivity contribution in [3.05, 3.63) is 70.1 Å². The average molecular weight is 414 g/mol. The number of benzene rings is 2. The van der Waals surface area contributed by atoms with Crippen LogP contribution in [0, 0.1) is 0 Å². The van der Waals surface area contributed by atoms with Crippen LogP contribution in [0.3, 0.4) is 0 Å². The first kappa shape index (κ1) is 19.6. The molecule has 1 aliphatic heterocycles. The summed E-state index contributed by atoms with van der Waals surface area (Å²) in [5.74, 6) is -1.80. The first-order chi connectivity index (χ1) is 13.4. The predicted molar refractivity (Wildman–Crippen MR) is 108 cm³/mol. The third-order valence-corrected chi connectivity index (χ3v) is 5.09. The Morgan fingerprint density at radius 3 is 2.50 bits per heavy atom. The summed E-state index contributed by atoms with van der Waals surface area (Å²) in [5, 5.41) is 10.7. The lowest BCUT2D eigenvalue weighted by atomic mass is 10.1. The minimum absolute atomic E-state index is 0.0268. The first-order valence-corrected chi connectivity index (χ1v) is 9.18. The van der Waals surface area contributed by atoms with Gasteiger partial charge in [-0.15, -0.1) is 0 Å². The van der Waals surface area contributed by atoms with Crippen molar-refractivity contribution in [2.45, 2.75) is 0 Å². The summed E-state index contributed by atoms with van der Waals surface area (Å²) in [4.78, 5) is 36.7. The molecule has 1 aliphatic rings. The van der Waals surface area contributed by atoms with Gasteiger partial charge in [-0.25, -0.2) is 4.79 Å². The van der Waals surface area contributed by atoms with Crippen LogP contribution in [-0.2, 0) is 9.53 Å². The molecular formula is C19H14N2O5S2. The number of methoxy groups -OCH3 is 1. The molecule has 2 aromatic carbocycles. The Hall–Kier alpha value is -3.17. The number of carbonyl (C=O) groups excluding carboxylic acids is 3. The molecule has 1 heterocycles. The highest BCUT2D eigenvalue weighted by Crippen LogP contribution is 2.31. The van der Waals surface area contributed by atoms with Gasteiger partial charge in [0.25, 0.3) is 11.8 Å². The summed E-state index contributed by atoms with van der Waals surface area (Å²) in [6.07, 6.45) is 1.60. The van der Waals surface area contributed by atoms with E-state index in [4.69, 9.17) is 12.2 Å². The molecule has 1 saturated heterocycles. The Balaban J connectivity index is 1.76. The van der Waals surface area contributed by atoms with E-state index in [1.165, 1.54) is 19.2 Å². The van der Waals surface area contributed by atoms with Gasteiger partial charge in [0.05, 0.1) is 23.1 Å². The molecule has 9 heteroatoms. The summed E-state index contributed by atoms with van der Waals surface area (Å²) < 4.78 is 4.80. The fraction of sp³-hybridized carbons (Fsp3) is 0.0526. The molecule has 2 amide bonds. The van der Waals surface area contributed by atoms with Crippen molar-refractivity contribution in [3.8, 4) is 5.75 Å². The van der Waals surface area contributed by atoms with E-state index in [0.29, 0.717) is 16.0 Å². The van der Waals surface area contributed by atoms with Crippen molar-refractivity contribution in [3.63, 3.8) is 0 Å². The van der Waals surface area contributed by atoms with Crippen LogP contribution in [0.4, 0.5) is 0 Å². The van der Waals surface area contributed by atoms with Crippen molar-refractivity contribution in [2.75, 3.05) is 7.11 Å². The van der Waals surface area contributed by atoms with Crippen molar-refractivity contribution < 1.29 is 24.2 Å². The molecule has 0 bridgehead atoms. The van der Waals surface area contributed by atoms with Crippen LogP contribution in [0.5, 0.6) is 5.75 Å². The molecular weight excluding hydrogens is 400 g/mol. The molecule has 0 aliphatic carbocycles. The SMILES string of the molecule is COC(=O)c1ccc(/C=C2\SC(=S)N(NC(=O)c3ccccc3O)C2=O)cc1. The number of carbonyl (C=O) groups is 3. The Bertz CT molecular complexity index is 1000. The van der Waals surface area contributed by atoms with E-state index in [1.807, 2.05) is 0 Å². The molecule has 0 aromatic heterocycles. The predicted octanol–water partition coefficient (Wildman–Crippen LogP) is 2.73. The molecule has 0 spiro atoms. The fourth-order valence-corrected chi connectivity index (χ4v) is 3.56. The van der Waals surface area contributed by atoms with Crippen LogP contribution in [0.2, 0.25) is 0 Å². The molecule has 3 rings (SSSR count). The molecule has 1 fully saturated rings. The normalized spacial score (nSPS) is 15.0. The number of nitrogens with one attached hydrogen (secondary N) is 1.